The maximum atomic E-state index is 12.9. The third kappa shape index (κ3) is 5.06. The van der Waals surface area contributed by atoms with Crippen molar-refractivity contribution >= 4 is 17.5 Å². The monoisotopic (exact) mass is 331 g/mol. The number of nitrogens with one attached hydrogen (secondary N) is 2. The van der Waals surface area contributed by atoms with E-state index in [9.17, 15) is 9.59 Å². The summed E-state index contributed by atoms with van der Waals surface area (Å²) in [7, 11) is 1.87. The molecule has 5 nitrogen and oxygen atoms in total. The van der Waals surface area contributed by atoms with E-state index in [-0.39, 0.29) is 11.8 Å². The molecule has 2 rings (SSSR count). The standard InChI is InChI=1S/C19H29N3O2/c1-14-11-15(2)13-22(12-14)19(24)16-7-4-5-8-17(16)21-18(23)9-6-10-20-3/h4-5,7-8,14-15,20H,6,9-13H2,1-3H3,(H,21,23). The Hall–Kier alpha value is -1.88. The highest BCUT2D eigenvalue weighted by Gasteiger charge is 2.27. The Morgan fingerprint density at radius 1 is 1.17 bits per heavy atom. The highest BCUT2D eigenvalue weighted by molar-refractivity contribution is 6.03. The van der Waals surface area contributed by atoms with Gasteiger partial charge in [0.1, 0.15) is 0 Å². The molecule has 2 amide bonds. The Labute approximate surface area is 144 Å². The van der Waals surface area contributed by atoms with Gasteiger partial charge in [0.05, 0.1) is 11.3 Å². The number of piperidine rings is 1. The van der Waals surface area contributed by atoms with Crippen LogP contribution in [0.15, 0.2) is 24.3 Å². The molecule has 2 N–H and O–H groups in total. The van der Waals surface area contributed by atoms with Crippen molar-refractivity contribution in [3.8, 4) is 0 Å². The van der Waals surface area contributed by atoms with Gasteiger partial charge in [-0.1, -0.05) is 26.0 Å². The lowest BCUT2D eigenvalue weighted by Crippen LogP contribution is -2.42. The second-order valence-electron chi connectivity index (χ2n) is 6.96. The quantitative estimate of drug-likeness (QED) is 0.788. The molecule has 132 valence electrons. The van der Waals surface area contributed by atoms with E-state index in [0.717, 1.165) is 32.5 Å². The van der Waals surface area contributed by atoms with Gasteiger partial charge < -0.3 is 15.5 Å². The van der Waals surface area contributed by atoms with E-state index in [2.05, 4.69) is 24.5 Å². The molecule has 2 atom stereocenters. The van der Waals surface area contributed by atoms with Crippen LogP contribution in [0.1, 0.15) is 43.5 Å². The number of nitrogens with zero attached hydrogens (tertiary/aromatic N) is 1. The number of benzene rings is 1. The minimum Gasteiger partial charge on any atom is -0.338 e. The highest BCUT2D eigenvalue weighted by atomic mass is 16.2. The Morgan fingerprint density at radius 2 is 1.83 bits per heavy atom. The molecule has 1 saturated heterocycles. The van der Waals surface area contributed by atoms with Crippen LogP contribution in [0.3, 0.4) is 0 Å². The van der Waals surface area contributed by atoms with Gasteiger partial charge in [-0.15, -0.1) is 0 Å². The Morgan fingerprint density at radius 3 is 2.50 bits per heavy atom. The lowest BCUT2D eigenvalue weighted by Gasteiger charge is -2.35. The van der Waals surface area contributed by atoms with Crippen LogP contribution >= 0.6 is 0 Å². The summed E-state index contributed by atoms with van der Waals surface area (Å²) in [6.07, 6.45) is 2.38. The van der Waals surface area contributed by atoms with Gasteiger partial charge in [0.2, 0.25) is 5.91 Å². The number of para-hydroxylation sites is 1. The fourth-order valence-corrected chi connectivity index (χ4v) is 3.42. The van der Waals surface area contributed by atoms with Crippen molar-refractivity contribution < 1.29 is 9.59 Å². The topological polar surface area (TPSA) is 61.4 Å². The first kappa shape index (κ1) is 18.5. The average Bonchev–Trinajstić information content (AvgIpc) is 2.54. The minimum absolute atomic E-state index is 0.0134. The average molecular weight is 331 g/mol. The maximum Gasteiger partial charge on any atom is 0.255 e. The molecule has 2 unspecified atom stereocenters. The van der Waals surface area contributed by atoms with E-state index in [1.54, 1.807) is 12.1 Å². The molecule has 0 aliphatic carbocycles. The van der Waals surface area contributed by atoms with E-state index in [1.165, 1.54) is 0 Å². The second kappa shape index (κ2) is 8.83. The lowest BCUT2D eigenvalue weighted by molar-refractivity contribution is -0.116. The third-order valence-electron chi connectivity index (χ3n) is 4.42. The Bertz CT molecular complexity index is 563. The molecule has 0 spiro atoms. The van der Waals surface area contributed by atoms with Gasteiger partial charge in [-0.3, -0.25) is 9.59 Å². The van der Waals surface area contributed by atoms with Crippen molar-refractivity contribution in [3.05, 3.63) is 29.8 Å². The molecule has 1 aromatic rings. The third-order valence-corrected chi connectivity index (χ3v) is 4.42. The molecule has 1 fully saturated rings. The van der Waals surface area contributed by atoms with E-state index in [4.69, 9.17) is 0 Å². The molecule has 0 radical (unpaired) electrons. The zero-order valence-corrected chi connectivity index (χ0v) is 15.0. The number of hydrogen-bond acceptors (Lipinski definition) is 3. The number of anilines is 1. The normalized spacial score (nSPS) is 20.7. The van der Waals surface area contributed by atoms with Crippen molar-refractivity contribution in [2.45, 2.75) is 33.1 Å². The fraction of sp³-hybridized carbons (Fsp3) is 0.579. The zero-order chi connectivity index (χ0) is 17.5. The van der Waals surface area contributed by atoms with Crippen molar-refractivity contribution in [1.29, 1.82) is 0 Å². The van der Waals surface area contributed by atoms with Crippen LogP contribution in [-0.4, -0.2) is 43.4 Å². The summed E-state index contributed by atoms with van der Waals surface area (Å²) in [4.78, 5) is 26.9. The summed E-state index contributed by atoms with van der Waals surface area (Å²) in [6, 6.07) is 7.30. The van der Waals surface area contributed by atoms with Gasteiger partial charge in [-0.05, 0) is 50.4 Å². The van der Waals surface area contributed by atoms with E-state index >= 15 is 0 Å². The summed E-state index contributed by atoms with van der Waals surface area (Å²) in [5, 5.41) is 5.92. The van der Waals surface area contributed by atoms with Crippen LogP contribution < -0.4 is 10.6 Å². The highest BCUT2D eigenvalue weighted by Crippen LogP contribution is 2.25. The molecule has 1 aromatic carbocycles. The Balaban J connectivity index is 2.07. The molecule has 0 bridgehead atoms. The van der Waals surface area contributed by atoms with Crippen molar-refractivity contribution in [2.75, 3.05) is 32.0 Å². The van der Waals surface area contributed by atoms with Crippen LogP contribution in [0.2, 0.25) is 0 Å². The largest absolute Gasteiger partial charge is 0.338 e. The summed E-state index contributed by atoms with van der Waals surface area (Å²) in [6.45, 7) is 6.75. The van der Waals surface area contributed by atoms with Gasteiger partial charge in [0, 0.05) is 19.5 Å². The van der Waals surface area contributed by atoms with Gasteiger partial charge in [0.15, 0.2) is 0 Å². The van der Waals surface area contributed by atoms with Crippen molar-refractivity contribution in [1.82, 2.24) is 10.2 Å². The van der Waals surface area contributed by atoms with Gasteiger partial charge in [-0.25, -0.2) is 0 Å². The van der Waals surface area contributed by atoms with Crippen LogP contribution in [-0.2, 0) is 4.79 Å². The molecule has 0 aromatic heterocycles. The molecular formula is C19H29N3O2. The van der Waals surface area contributed by atoms with E-state index in [1.807, 2.05) is 24.1 Å². The fourth-order valence-electron chi connectivity index (χ4n) is 3.42. The van der Waals surface area contributed by atoms with Crippen LogP contribution in [0.4, 0.5) is 5.69 Å². The van der Waals surface area contributed by atoms with Crippen LogP contribution in [0, 0.1) is 11.8 Å². The Kier molecular flexibility index (Phi) is 6.79. The van der Waals surface area contributed by atoms with E-state index in [0.29, 0.717) is 29.5 Å². The van der Waals surface area contributed by atoms with Crippen molar-refractivity contribution in [3.63, 3.8) is 0 Å². The zero-order valence-electron chi connectivity index (χ0n) is 15.0. The summed E-state index contributed by atoms with van der Waals surface area (Å²) < 4.78 is 0. The van der Waals surface area contributed by atoms with Crippen molar-refractivity contribution in [2.24, 2.45) is 11.8 Å². The molecule has 24 heavy (non-hydrogen) atoms. The number of rotatable bonds is 6. The first-order valence-corrected chi connectivity index (χ1v) is 8.84. The summed E-state index contributed by atoms with van der Waals surface area (Å²) in [5.74, 6) is 0.993. The number of carbonyl (C=O) groups is 2. The number of hydrogen-bond donors (Lipinski definition) is 2. The number of likely N-dealkylation sites (tertiary alicyclic amines) is 1. The second-order valence-corrected chi connectivity index (χ2v) is 6.96. The van der Waals surface area contributed by atoms with Gasteiger partial charge >= 0.3 is 0 Å². The number of carbonyl (C=O) groups excluding carboxylic acids is 2. The molecule has 1 aliphatic heterocycles. The van der Waals surface area contributed by atoms with Gasteiger partial charge in [-0.2, -0.15) is 0 Å². The molecule has 5 heteroatoms. The smallest absolute Gasteiger partial charge is 0.255 e. The predicted molar refractivity (Wildman–Crippen MR) is 97.1 cm³/mol. The SMILES string of the molecule is CNCCCC(=O)Nc1ccccc1C(=O)N1CC(C)CC(C)C1. The lowest BCUT2D eigenvalue weighted by atomic mass is 9.91. The minimum atomic E-state index is -0.0501. The van der Waals surface area contributed by atoms with Crippen LogP contribution in [0.5, 0.6) is 0 Å². The first-order valence-electron chi connectivity index (χ1n) is 8.84. The summed E-state index contributed by atoms with van der Waals surface area (Å²) in [5.41, 5.74) is 1.20. The number of amides is 2. The maximum absolute atomic E-state index is 12.9. The molecule has 1 aliphatic rings. The van der Waals surface area contributed by atoms with E-state index < -0.39 is 0 Å². The summed E-state index contributed by atoms with van der Waals surface area (Å²) >= 11 is 0. The van der Waals surface area contributed by atoms with Crippen LogP contribution in [0.25, 0.3) is 0 Å². The predicted octanol–water partition coefficient (Wildman–Crippen LogP) is 2.74. The molecule has 1 heterocycles. The first-order chi connectivity index (χ1) is 11.5. The molecule has 0 saturated carbocycles. The molecular weight excluding hydrogens is 302 g/mol. The van der Waals surface area contributed by atoms with Gasteiger partial charge in [0.25, 0.3) is 5.91 Å².